The molecular weight excluding hydrogens is 318 g/mol. The van der Waals surface area contributed by atoms with Crippen molar-refractivity contribution in [2.24, 2.45) is 5.41 Å². The van der Waals surface area contributed by atoms with Gasteiger partial charge in [-0.15, -0.1) is 11.3 Å². The standard InChI is InChI=1S/C12H17NO6S2/c1-4-12(2,11(15)16)7-13-21(17,18)8-5-6-20-9(8)10(14)19-3/h5-6,13H,4,7H2,1-3H3,(H,15,16). The number of carbonyl (C=O) groups excluding carboxylic acids is 1. The van der Waals surface area contributed by atoms with Crippen molar-refractivity contribution in [1.29, 1.82) is 0 Å². The highest BCUT2D eigenvalue weighted by molar-refractivity contribution is 7.89. The van der Waals surface area contributed by atoms with Gasteiger partial charge in [-0.1, -0.05) is 6.92 Å². The zero-order valence-electron chi connectivity index (χ0n) is 11.9. The van der Waals surface area contributed by atoms with Gasteiger partial charge in [0.1, 0.15) is 9.77 Å². The van der Waals surface area contributed by atoms with Crippen molar-refractivity contribution >= 4 is 33.3 Å². The molecule has 1 aromatic heterocycles. The fraction of sp³-hybridized carbons (Fsp3) is 0.500. The summed E-state index contributed by atoms with van der Waals surface area (Å²) in [6.45, 7) is 2.84. The first-order chi connectivity index (χ1) is 9.68. The van der Waals surface area contributed by atoms with Crippen LogP contribution in [0.25, 0.3) is 0 Å². The summed E-state index contributed by atoms with van der Waals surface area (Å²) in [4.78, 5) is 22.4. The molecule has 21 heavy (non-hydrogen) atoms. The van der Waals surface area contributed by atoms with E-state index in [4.69, 9.17) is 5.11 Å². The Morgan fingerprint density at radius 1 is 1.48 bits per heavy atom. The molecule has 1 unspecified atom stereocenters. The fourth-order valence-corrected chi connectivity index (χ4v) is 3.94. The van der Waals surface area contributed by atoms with Crippen LogP contribution in [0.3, 0.4) is 0 Å². The summed E-state index contributed by atoms with van der Waals surface area (Å²) in [5, 5.41) is 10.6. The second-order valence-electron chi connectivity index (χ2n) is 4.65. The van der Waals surface area contributed by atoms with Crippen LogP contribution < -0.4 is 4.72 Å². The molecule has 0 aromatic carbocycles. The largest absolute Gasteiger partial charge is 0.481 e. The summed E-state index contributed by atoms with van der Waals surface area (Å²) < 4.78 is 31.2. The quantitative estimate of drug-likeness (QED) is 0.727. The molecule has 9 heteroatoms. The molecule has 7 nitrogen and oxygen atoms in total. The van der Waals surface area contributed by atoms with Gasteiger partial charge in [-0.05, 0) is 24.8 Å². The number of thiophene rings is 1. The summed E-state index contributed by atoms with van der Waals surface area (Å²) in [6.07, 6.45) is 0.262. The Bertz CT molecular complexity index is 636. The van der Waals surface area contributed by atoms with Crippen LogP contribution in [-0.4, -0.2) is 39.1 Å². The van der Waals surface area contributed by atoms with Crippen LogP contribution >= 0.6 is 11.3 Å². The number of ether oxygens (including phenoxy) is 1. The molecule has 118 valence electrons. The van der Waals surface area contributed by atoms with Gasteiger partial charge in [-0.25, -0.2) is 17.9 Å². The van der Waals surface area contributed by atoms with Gasteiger partial charge in [0.25, 0.3) is 0 Å². The van der Waals surface area contributed by atoms with Gasteiger partial charge in [0.05, 0.1) is 12.5 Å². The Labute approximate surface area is 127 Å². The van der Waals surface area contributed by atoms with Crippen LogP contribution in [0.15, 0.2) is 16.3 Å². The van der Waals surface area contributed by atoms with E-state index in [0.717, 1.165) is 18.4 Å². The number of carbonyl (C=O) groups is 2. The molecule has 0 bridgehead atoms. The number of sulfonamides is 1. The molecule has 0 aliphatic heterocycles. The zero-order chi connectivity index (χ0) is 16.3. The fourth-order valence-electron chi connectivity index (χ4n) is 1.43. The molecule has 1 aromatic rings. The molecule has 0 saturated heterocycles. The van der Waals surface area contributed by atoms with Crippen LogP contribution in [-0.2, 0) is 19.6 Å². The van der Waals surface area contributed by atoms with Crippen LogP contribution in [0, 0.1) is 5.41 Å². The lowest BCUT2D eigenvalue weighted by Crippen LogP contribution is -2.40. The van der Waals surface area contributed by atoms with E-state index in [1.165, 1.54) is 18.4 Å². The second kappa shape index (κ2) is 6.54. The molecule has 1 heterocycles. The van der Waals surface area contributed by atoms with Gasteiger partial charge >= 0.3 is 11.9 Å². The maximum absolute atomic E-state index is 12.2. The number of methoxy groups -OCH3 is 1. The van der Waals surface area contributed by atoms with E-state index in [1.54, 1.807) is 6.92 Å². The van der Waals surface area contributed by atoms with Gasteiger partial charge in [0.2, 0.25) is 10.0 Å². The average Bonchev–Trinajstić information content (AvgIpc) is 2.94. The molecule has 0 saturated carbocycles. The molecule has 0 aliphatic rings. The summed E-state index contributed by atoms with van der Waals surface area (Å²) in [5.41, 5.74) is -1.21. The first-order valence-corrected chi connectivity index (χ1v) is 8.43. The molecule has 0 radical (unpaired) electrons. The van der Waals surface area contributed by atoms with E-state index in [9.17, 15) is 18.0 Å². The molecule has 0 aliphatic carbocycles. The Balaban J connectivity index is 3.01. The smallest absolute Gasteiger partial charge is 0.349 e. The molecular formula is C12H17NO6S2. The molecule has 1 atom stereocenters. The van der Waals surface area contributed by atoms with E-state index >= 15 is 0 Å². The SMILES string of the molecule is CCC(C)(CNS(=O)(=O)c1ccsc1C(=O)OC)C(=O)O. The van der Waals surface area contributed by atoms with Gasteiger partial charge in [-0.3, -0.25) is 4.79 Å². The Kier molecular flexibility index (Phi) is 5.48. The van der Waals surface area contributed by atoms with Crippen LogP contribution in [0.2, 0.25) is 0 Å². The van der Waals surface area contributed by atoms with Crippen molar-refractivity contribution in [3.05, 3.63) is 16.3 Å². The molecule has 0 spiro atoms. The van der Waals surface area contributed by atoms with Crippen molar-refractivity contribution in [3.8, 4) is 0 Å². The minimum Gasteiger partial charge on any atom is -0.481 e. The Morgan fingerprint density at radius 3 is 2.57 bits per heavy atom. The van der Waals surface area contributed by atoms with Crippen molar-refractivity contribution < 1.29 is 27.9 Å². The maximum Gasteiger partial charge on any atom is 0.349 e. The lowest BCUT2D eigenvalue weighted by atomic mass is 9.88. The van der Waals surface area contributed by atoms with Gasteiger partial charge < -0.3 is 9.84 Å². The molecule has 1 rings (SSSR count). The monoisotopic (exact) mass is 335 g/mol. The minimum absolute atomic E-state index is 0.0430. The average molecular weight is 335 g/mol. The summed E-state index contributed by atoms with van der Waals surface area (Å²) in [7, 11) is -2.83. The van der Waals surface area contributed by atoms with Crippen LogP contribution in [0.4, 0.5) is 0 Å². The maximum atomic E-state index is 12.2. The highest BCUT2D eigenvalue weighted by atomic mass is 32.2. The third kappa shape index (κ3) is 3.80. The normalized spacial score (nSPS) is 14.4. The highest BCUT2D eigenvalue weighted by Gasteiger charge is 2.34. The predicted octanol–water partition coefficient (Wildman–Crippen LogP) is 1.31. The second-order valence-corrected chi connectivity index (χ2v) is 7.30. The first-order valence-electron chi connectivity index (χ1n) is 6.07. The summed E-state index contributed by atoms with van der Waals surface area (Å²) in [6, 6.07) is 1.28. The molecule has 0 fully saturated rings. The number of rotatable bonds is 7. The van der Waals surface area contributed by atoms with Gasteiger partial charge in [0.15, 0.2) is 0 Å². The van der Waals surface area contributed by atoms with Crippen LogP contribution in [0.1, 0.15) is 29.9 Å². The van der Waals surface area contributed by atoms with E-state index in [2.05, 4.69) is 9.46 Å². The van der Waals surface area contributed by atoms with Crippen molar-refractivity contribution in [2.75, 3.05) is 13.7 Å². The number of nitrogens with one attached hydrogen (secondary N) is 1. The minimum atomic E-state index is -3.98. The Morgan fingerprint density at radius 2 is 2.10 bits per heavy atom. The number of carboxylic acid groups (broad SMARTS) is 1. The summed E-state index contributed by atoms with van der Waals surface area (Å²) in [5.74, 6) is -1.84. The lowest BCUT2D eigenvalue weighted by Gasteiger charge is -2.23. The predicted molar refractivity (Wildman–Crippen MR) is 76.9 cm³/mol. The number of esters is 1. The molecule has 2 N–H and O–H groups in total. The molecule has 0 amide bonds. The van der Waals surface area contributed by atoms with E-state index in [1.807, 2.05) is 0 Å². The van der Waals surface area contributed by atoms with Crippen molar-refractivity contribution in [1.82, 2.24) is 4.72 Å². The third-order valence-corrected chi connectivity index (χ3v) is 5.71. The Hall–Kier alpha value is -1.45. The number of carboxylic acids is 1. The number of hydrogen-bond donors (Lipinski definition) is 2. The van der Waals surface area contributed by atoms with Crippen molar-refractivity contribution in [2.45, 2.75) is 25.2 Å². The topological polar surface area (TPSA) is 110 Å². The highest BCUT2D eigenvalue weighted by Crippen LogP contribution is 2.25. The lowest BCUT2D eigenvalue weighted by molar-refractivity contribution is -0.147. The first kappa shape index (κ1) is 17.6. The van der Waals surface area contributed by atoms with E-state index in [-0.39, 0.29) is 22.7 Å². The number of aliphatic carboxylic acids is 1. The van der Waals surface area contributed by atoms with Gasteiger partial charge in [0, 0.05) is 6.54 Å². The van der Waals surface area contributed by atoms with Gasteiger partial charge in [-0.2, -0.15) is 0 Å². The zero-order valence-corrected chi connectivity index (χ0v) is 13.5. The summed E-state index contributed by atoms with van der Waals surface area (Å²) >= 11 is 0.944. The number of hydrogen-bond acceptors (Lipinski definition) is 6. The van der Waals surface area contributed by atoms with E-state index < -0.39 is 27.4 Å². The van der Waals surface area contributed by atoms with Crippen molar-refractivity contribution in [3.63, 3.8) is 0 Å². The van der Waals surface area contributed by atoms with Crippen LogP contribution in [0.5, 0.6) is 0 Å². The van der Waals surface area contributed by atoms with E-state index in [0.29, 0.717) is 0 Å². The third-order valence-electron chi connectivity index (χ3n) is 3.24.